The third-order valence-corrected chi connectivity index (χ3v) is 3.08. The van der Waals surface area contributed by atoms with Crippen LogP contribution in [0.2, 0.25) is 0 Å². The zero-order chi connectivity index (χ0) is 18.3. The maximum atomic E-state index is 13.1. The third kappa shape index (κ3) is 6.52. The Morgan fingerprint density at radius 1 is 1.08 bits per heavy atom. The molecule has 0 bridgehead atoms. The van der Waals surface area contributed by atoms with E-state index in [2.05, 4.69) is 4.99 Å². The summed E-state index contributed by atoms with van der Waals surface area (Å²) in [4.78, 5) is 4.02. The summed E-state index contributed by atoms with van der Waals surface area (Å²) < 4.78 is 26.2. The van der Waals surface area contributed by atoms with Gasteiger partial charge < -0.3 is 5.11 Å². The molecule has 0 aliphatic heterocycles. The van der Waals surface area contributed by atoms with Gasteiger partial charge in [0.05, 0.1) is 5.69 Å². The predicted molar refractivity (Wildman–Crippen MR) is 92.1 cm³/mol. The second kappa shape index (κ2) is 9.52. The molecule has 128 valence electrons. The van der Waals surface area contributed by atoms with Crippen molar-refractivity contribution in [3.63, 3.8) is 0 Å². The van der Waals surface area contributed by atoms with Gasteiger partial charge in [-0.15, -0.1) is 0 Å². The van der Waals surface area contributed by atoms with E-state index in [1.807, 2.05) is 32.9 Å². The Balaban J connectivity index is 0.000000891. The summed E-state index contributed by atoms with van der Waals surface area (Å²) in [5.41, 5.74) is 1.25. The van der Waals surface area contributed by atoms with Crippen LogP contribution >= 0.6 is 18.6 Å². The van der Waals surface area contributed by atoms with Crippen molar-refractivity contribution in [2.75, 3.05) is 0 Å². The SMILES string of the molecule is CC(C)(C)c1cccc(C=Nc2cc(F)cc(F)c2)c1O.[Cl][Ti][Cl]. The molecule has 0 heterocycles. The van der Waals surface area contributed by atoms with Gasteiger partial charge in [0, 0.05) is 17.8 Å². The molecule has 2 aromatic rings. The number of phenols is 1. The van der Waals surface area contributed by atoms with Crippen LogP contribution in [-0.4, -0.2) is 11.3 Å². The summed E-state index contributed by atoms with van der Waals surface area (Å²) in [5.74, 6) is -1.24. The van der Waals surface area contributed by atoms with E-state index < -0.39 is 28.7 Å². The second-order valence-electron chi connectivity index (χ2n) is 5.95. The number of para-hydroxylation sites is 1. The maximum absolute atomic E-state index is 13.1. The first kappa shape index (κ1) is 21.1. The summed E-state index contributed by atoms with van der Waals surface area (Å²) >= 11 is -0.556. The van der Waals surface area contributed by atoms with E-state index in [-0.39, 0.29) is 16.9 Å². The zero-order valence-corrected chi connectivity index (χ0v) is 16.5. The minimum atomic E-state index is -0.685. The molecule has 0 saturated carbocycles. The van der Waals surface area contributed by atoms with Gasteiger partial charge in [-0.1, -0.05) is 32.9 Å². The van der Waals surface area contributed by atoms with Gasteiger partial charge in [-0.05, 0) is 29.2 Å². The molecule has 0 aliphatic rings. The average molecular weight is 408 g/mol. The van der Waals surface area contributed by atoms with Gasteiger partial charge in [-0.2, -0.15) is 0 Å². The van der Waals surface area contributed by atoms with Crippen LogP contribution < -0.4 is 0 Å². The number of benzene rings is 2. The molecule has 0 spiro atoms. The van der Waals surface area contributed by atoms with Gasteiger partial charge in [-0.3, -0.25) is 4.99 Å². The zero-order valence-electron chi connectivity index (χ0n) is 13.4. The molecule has 2 nitrogen and oxygen atoms in total. The molecular formula is C17H17Cl2F2NOTi. The van der Waals surface area contributed by atoms with E-state index in [1.165, 1.54) is 6.21 Å². The molecule has 7 heteroatoms. The van der Waals surface area contributed by atoms with Crippen molar-refractivity contribution in [2.24, 2.45) is 4.99 Å². The first-order valence-electron chi connectivity index (χ1n) is 6.98. The van der Waals surface area contributed by atoms with Crippen LogP contribution in [0.3, 0.4) is 0 Å². The van der Waals surface area contributed by atoms with Gasteiger partial charge in [-0.25, -0.2) is 8.78 Å². The molecule has 0 aliphatic carbocycles. The van der Waals surface area contributed by atoms with Gasteiger partial charge in [0.2, 0.25) is 0 Å². The van der Waals surface area contributed by atoms with Crippen LogP contribution in [-0.2, 0) is 22.4 Å². The molecule has 0 aromatic heterocycles. The molecule has 0 saturated heterocycles. The van der Waals surface area contributed by atoms with Gasteiger partial charge in [0.1, 0.15) is 17.4 Å². The Kier molecular flexibility index (Phi) is 8.37. The van der Waals surface area contributed by atoms with E-state index >= 15 is 0 Å². The van der Waals surface area contributed by atoms with E-state index in [4.69, 9.17) is 18.6 Å². The van der Waals surface area contributed by atoms with Crippen molar-refractivity contribution in [3.05, 3.63) is 59.2 Å². The van der Waals surface area contributed by atoms with Crippen LogP contribution in [0.25, 0.3) is 0 Å². The van der Waals surface area contributed by atoms with Gasteiger partial charge >= 0.3 is 35.6 Å². The minimum absolute atomic E-state index is 0.130. The summed E-state index contributed by atoms with van der Waals surface area (Å²) in [6.07, 6.45) is 1.40. The predicted octanol–water partition coefficient (Wildman–Crippen LogP) is 6.10. The first-order valence-corrected chi connectivity index (χ1v) is 11.3. The number of aliphatic imine (C=N–C) groups is 1. The molecular weight excluding hydrogens is 391 g/mol. The number of hydrogen-bond acceptors (Lipinski definition) is 2. The molecule has 0 fully saturated rings. The number of rotatable bonds is 2. The molecule has 0 amide bonds. The molecule has 1 N–H and O–H groups in total. The van der Waals surface area contributed by atoms with Gasteiger partial charge in [0.25, 0.3) is 0 Å². The van der Waals surface area contributed by atoms with E-state index in [1.54, 1.807) is 6.07 Å². The monoisotopic (exact) mass is 407 g/mol. The fourth-order valence-corrected chi connectivity index (χ4v) is 2.03. The second-order valence-corrected chi connectivity index (χ2v) is 8.53. The van der Waals surface area contributed by atoms with Crippen molar-refractivity contribution in [1.82, 2.24) is 0 Å². The summed E-state index contributed by atoms with van der Waals surface area (Å²) in [6, 6.07) is 8.40. The molecule has 2 rings (SSSR count). The Hall–Kier alpha value is -0.936. The third-order valence-electron chi connectivity index (χ3n) is 3.08. The van der Waals surface area contributed by atoms with Crippen LogP contribution in [0.1, 0.15) is 31.9 Å². The Bertz CT molecular complexity index is 698. The van der Waals surface area contributed by atoms with Crippen LogP contribution in [0.4, 0.5) is 14.5 Å². The Morgan fingerprint density at radius 2 is 1.62 bits per heavy atom. The molecule has 24 heavy (non-hydrogen) atoms. The van der Waals surface area contributed by atoms with E-state index in [0.29, 0.717) is 5.56 Å². The Morgan fingerprint density at radius 3 is 2.12 bits per heavy atom. The topological polar surface area (TPSA) is 32.6 Å². The number of hydrogen-bond donors (Lipinski definition) is 1. The van der Waals surface area contributed by atoms with Crippen LogP contribution in [0.15, 0.2) is 41.4 Å². The van der Waals surface area contributed by atoms with Crippen LogP contribution in [0, 0.1) is 11.6 Å². The van der Waals surface area contributed by atoms with E-state index in [9.17, 15) is 13.9 Å². The first-order chi connectivity index (χ1) is 11.2. The summed E-state index contributed by atoms with van der Waals surface area (Å²) in [7, 11) is 9.78. The van der Waals surface area contributed by atoms with Crippen molar-refractivity contribution in [2.45, 2.75) is 26.2 Å². The standard InChI is InChI=1S/C17H17F2NO.2ClH.Ti/c1-17(2,3)15-6-4-5-11(16(15)21)10-20-14-8-12(18)7-13(19)9-14;;;/h4-10,21H,1-3H3;2*1H;/q;;;+2/p-2. The van der Waals surface area contributed by atoms with Crippen LogP contribution in [0.5, 0.6) is 5.75 Å². The van der Waals surface area contributed by atoms with Gasteiger partial charge in [0.15, 0.2) is 0 Å². The van der Waals surface area contributed by atoms with Crippen molar-refractivity contribution in [1.29, 1.82) is 0 Å². The van der Waals surface area contributed by atoms with Crippen molar-refractivity contribution < 1.29 is 30.9 Å². The van der Waals surface area contributed by atoms with Crippen molar-refractivity contribution >= 4 is 30.5 Å². The molecule has 0 unspecified atom stereocenters. The Labute approximate surface area is 157 Å². The normalized spacial score (nSPS) is 11.1. The fraction of sp³-hybridized carbons (Fsp3) is 0.235. The summed E-state index contributed by atoms with van der Waals surface area (Å²) in [5, 5.41) is 10.3. The quantitative estimate of drug-likeness (QED) is 0.473. The van der Waals surface area contributed by atoms with E-state index in [0.717, 1.165) is 23.8 Å². The summed E-state index contributed by atoms with van der Waals surface area (Å²) in [6.45, 7) is 5.97. The number of aromatic hydroxyl groups is 1. The number of phenolic OH excluding ortho intramolecular Hbond substituents is 1. The fourth-order valence-electron chi connectivity index (χ4n) is 2.03. The molecule has 0 atom stereocenters. The average Bonchev–Trinajstić information content (AvgIpc) is 2.45. The number of nitrogens with zero attached hydrogens (tertiary/aromatic N) is 1. The van der Waals surface area contributed by atoms with Crippen molar-refractivity contribution in [3.8, 4) is 5.75 Å². The number of halogens is 4. The molecule has 0 radical (unpaired) electrons. The molecule has 2 aromatic carbocycles.